The van der Waals surface area contributed by atoms with E-state index in [0.717, 1.165) is 42.3 Å². The van der Waals surface area contributed by atoms with Gasteiger partial charge in [0.2, 0.25) is 5.91 Å². The molecule has 0 bridgehead atoms. The Morgan fingerprint density at radius 2 is 1.95 bits per heavy atom. The number of fused-ring (bicyclic) bond motifs is 1. The van der Waals surface area contributed by atoms with E-state index in [2.05, 4.69) is 11.9 Å². The molecule has 1 aromatic rings. The van der Waals surface area contributed by atoms with Crippen LogP contribution >= 0.6 is 0 Å². The molecule has 3 heterocycles. The van der Waals surface area contributed by atoms with Crippen molar-refractivity contribution in [3.8, 4) is 0 Å². The van der Waals surface area contributed by atoms with Crippen molar-refractivity contribution in [3.63, 3.8) is 0 Å². The molecule has 5 nitrogen and oxygen atoms in total. The highest BCUT2D eigenvalue weighted by atomic mass is 16.2. The van der Waals surface area contributed by atoms with Gasteiger partial charge in [0, 0.05) is 31.6 Å². The number of aromatic nitrogens is 1. The molecule has 1 aromatic heterocycles. The minimum absolute atomic E-state index is 0.164. The summed E-state index contributed by atoms with van der Waals surface area (Å²) in [7, 11) is 0. The molecule has 0 aliphatic carbocycles. The van der Waals surface area contributed by atoms with E-state index in [4.69, 9.17) is 9.98 Å². The summed E-state index contributed by atoms with van der Waals surface area (Å²) in [6, 6.07) is 1.99. The molecule has 1 atom stereocenters. The number of aryl methyl sites for hydroxylation is 1. The topological polar surface area (TPSA) is 57.9 Å². The first kappa shape index (κ1) is 13.2. The average molecular weight is 272 g/mol. The molecule has 2 aliphatic heterocycles. The smallest absolute Gasteiger partial charge is 0.219 e. The summed E-state index contributed by atoms with van der Waals surface area (Å²) < 4.78 is 0. The molecule has 0 aromatic carbocycles. The molecule has 106 valence electrons. The van der Waals surface area contributed by atoms with Crippen LogP contribution in [0.25, 0.3) is 0 Å². The SMILES string of the molecule is CC(=O)N1CCC(C2(C)N=c3cnc(C)cc3=N2)CC1. The van der Waals surface area contributed by atoms with E-state index in [-0.39, 0.29) is 11.6 Å². The van der Waals surface area contributed by atoms with Crippen LogP contribution in [0.3, 0.4) is 0 Å². The van der Waals surface area contributed by atoms with Gasteiger partial charge in [0.15, 0.2) is 5.66 Å². The summed E-state index contributed by atoms with van der Waals surface area (Å²) in [6.45, 7) is 7.33. The van der Waals surface area contributed by atoms with Crippen molar-refractivity contribution in [2.24, 2.45) is 15.9 Å². The number of hydrogen-bond acceptors (Lipinski definition) is 4. The number of hydrogen-bond donors (Lipinski definition) is 0. The van der Waals surface area contributed by atoms with Gasteiger partial charge in [-0.2, -0.15) is 0 Å². The highest BCUT2D eigenvalue weighted by Crippen LogP contribution is 2.32. The Morgan fingerprint density at radius 1 is 1.30 bits per heavy atom. The van der Waals surface area contributed by atoms with E-state index in [1.54, 1.807) is 6.92 Å². The van der Waals surface area contributed by atoms with Gasteiger partial charge in [-0.1, -0.05) is 0 Å². The van der Waals surface area contributed by atoms with Crippen molar-refractivity contribution < 1.29 is 4.79 Å². The summed E-state index contributed by atoms with van der Waals surface area (Å²) in [6.07, 6.45) is 3.73. The zero-order chi connectivity index (χ0) is 14.3. The van der Waals surface area contributed by atoms with Crippen LogP contribution in [0.4, 0.5) is 0 Å². The van der Waals surface area contributed by atoms with Gasteiger partial charge in [-0.25, -0.2) is 0 Å². The zero-order valence-electron chi connectivity index (χ0n) is 12.3. The summed E-state index contributed by atoms with van der Waals surface area (Å²) in [5, 5.41) is 1.85. The number of pyridine rings is 1. The molecule has 0 saturated carbocycles. The summed E-state index contributed by atoms with van der Waals surface area (Å²) in [5.41, 5.74) is 0.582. The molecular weight excluding hydrogens is 252 g/mol. The van der Waals surface area contributed by atoms with Gasteiger partial charge >= 0.3 is 0 Å². The summed E-state index contributed by atoms with van der Waals surface area (Å²) in [5.74, 6) is 0.558. The standard InChI is InChI=1S/C15H20N4O/c1-10-8-13-14(9-16-10)18-15(3,17-13)12-4-6-19(7-5-12)11(2)20/h8-9,12H,4-7H2,1-3H3. The highest BCUT2D eigenvalue weighted by molar-refractivity contribution is 5.73. The van der Waals surface area contributed by atoms with Crippen molar-refractivity contribution in [1.82, 2.24) is 9.88 Å². The lowest BCUT2D eigenvalue weighted by Crippen LogP contribution is -2.43. The quantitative estimate of drug-likeness (QED) is 0.752. The second kappa shape index (κ2) is 4.65. The molecular formula is C15H20N4O. The molecule has 1 amide bonds. The van der Waals surface area contributed by atoms with E-state index in [1.165, 1.54) is 0 Å². The van der Waals surface area contributed by atoms with Crippen LogP contribution < -0.4 is 10.7 Å². The first-order valence-electron chi connectivity index (χ1n) is 7.16. The second-order valence-electron chi connectivity index (χ2n) is 5.91. The van der Waals surface area contributed by atoms with Crippen molar-refractivity contribution in [3.05, 3.63) is 28.7 Å². The fraction of sp³-hybridized carbons (Fsp3) is 0.600. The molecule has 0 spiro atoms. The number of amides is 1. The van der Waals surface area contributed by atoms with Crippen LogP contribution in [-0.4, -0.2) is 34.5 Å². The first-order valence-corrected chi connectivity index (χ1v) is 7.16. The zero-order valence-corrected chi connectivity index (χ0v) is 12.3. The summed E-state index contributed by atoms with van der Waals surface area (Å²) in [4.78, 5) is 27.2. The third kappa shape index (κ3) is 2.21. The molecule has 20 heavy (non-hydrogen) atoms. The molecule has 5 heteroatoms. The van der Waals surface area contributed by atoms with Gasteiger partial charge in [0.05, 0.1) is 11.6 Å². The Labute approximate surface area is 118 Å². The average Bonchev–Trinajstić information content (AvgIpc) is 2.75. The second-order valence-corrected chi connectivity index (χ2v) is 5.91. The maximum atomic E-state index is 11.4. The first-order chi connectivity index (χ1) is 9.48. The molecule has 1 unspecified atom stereocenters. The Hall–Kier alpha value is -1.78. The molecule has 1 saturated heterocycles. The van der Waals surface area contributed by atoms with Gasteiger partial charge in [-0.15, -0.1) is 0 Å². The predicted molar refractivity (Wildman–Crippen MR) is 74.7 cm³/mol. The van der Waals surface area contributed by atoms with Crippen LogP contribution in [0.15, 0.2) is 22.2 Å². The summed E-state index contributed by atoms with van der Waals surface area (Å²) >= 11 is 0. The molecule has 0 radical (unpaired) electrons. The number of carbonyl (C=O) groups is 1. The van der Waals surface area contributed by atoms with Crippen molar-refractivity contribution in [1.29, 1.82) is 0 Å². The molecule has 2 aliphatic rings. The third-order valence-electron chi connectivity index (χ3n) is 4.41. The van der Waals surface area contributed by atoms with Gasteiger partial charge < -0.3 is 4.90 Å². The number of piperidine rings is 1. The monoisotopic (exact) mass is 272 g/mol. The van der Waals surface area contributed by atoms with Crippen molar-refractivity contribution in [2.75, 3.05) is 13.1 Å². The Bertz CT molecular complexity index is 661. The van der Waals surface area contributed by atoms with E-state index in [0.29, 0.717) is 5.92 Å². The van der Waals surface area contributed by atoms with E-state index in [9.17, 15) is 4.79 Å². The Kier molecular flexibility index (Phi) is 3.07. The Morgan fingerprint density at radius 3 is 2.60 bits per heavy atom. The fourth-order valence-corrected chi connectivity index (χ4v) is 3.15. The van der Waals surface area contributed by atoms with Crippen LogP contribution in [0, 0.1) is 12.8 Å². The van der Waals surface area contributed by atoms with E-state index < -0.39 is 0 Å². The number of likely N-dealkylation sites (tertiary alicyclic amines) is 1. The maximum absolute atomic E-state index is 11.4. The minimum atomic E-state index is -0.388. The number of rotatable bonds is 1. The van der Waals surface area contributed by atoms with Gasteiger partial charge in [0.1, 0.15) is 5.36 Å². The molecule has 0 N–H and O–H groups in total. The van der Waals surface area contributed by atoms with Crippen molar-refractivity contribution >= 4 is 5.91 Å². The van der Waals surface area contributed by atoms with Gasteiger partial charge in [0.25, 0.3) is 0 Å². The maximum Gasteiger partial charge on any atom is 0.219 e. The van der Waals surface area contributed by atoms with Crippen molar-refractivity contribution in [2.45, 2.75) is 39.3 Å². The normalized spacial score (nSPS) is 25.9. The largest absolute Gasteiger partial charge is 0.343 e. The molecule has 1 fully saturated rings. The van der Waals surface area contributed by atoms with Crippen LogP contribution in [0.5, 0.6) is 0 Å². The van der Waals surface area contributed by atoms with Crippen LogP contribution in [0.1, 0.15) is 32.4 Å². The predicted octanol–water partition coefficient (Wildman–Crippen LogP) is 0.618. The van der Waals surface area contributed by atoms with Crippen LogP contribution in [0.2, 0.25) is 0 Å². The van der Waals surface area contributed by atoms with Gasteiger partial charge in [-0.3, -0.25) is 19.8 Å². The lowest BCUT2D eigenvalue weighted by atomic mass is 9.86. The van der Waals surface area contributed by atoms with E-state index in [1.807, 2.05) is 24.1 Å². The fourth-order valence-electron chi connectivity index (χ4n) is 3.15. The Balaban J connectivity index is 1.84. The number of carbonyl (C=O) groups excluding carboxylic acids is 1. The molecule has 3 rings (SSSR count). The van der Waals surface area contributed by atoms with Crippen LogP contribution in [-0.2, 0) is 4.79 Å². The van der Waals surface area contributed by atoms with Gasteiger partial charge in [-0.05, 0) is 32.8 Å². The highest BCUT2D eigenvalue weighted by Gasteiger charge is 2.37. The lowest BCUT2D eigenvalue weighted by Gasteiger charge is -2.37. The number of nitrogens with zero attached hydrogens (tertiary/aromatic N) is 4. The minimum Gasteiger partial charge on any atom is -0.343 e. The lowest BCUT2D eigenvalue weighted by molar-refractivity contribution is -0.130. The third-order valence-corrected chi connectivity index (χ3v) is 4.41. The van der Waals surface area contributed by atoms with E-state index >= 15 is 0 Å².